The van der Waals surface area contributed by atoms with Gasteiger partial charge in [0.1, 0.15) is 5.78 Å². The van der Waals surface area contributed by atoms with Crippen molar-refractivity contribution >= 4 is 5.78 Å². The fourth-order valence-electron chi connectivity index (χ4n) is 4.06. The molecule has 2 rings (SSSR count). The highest BCUT2D eigenvalue weighted by atomic mass is 16.3. The lowest BCUT2D eigenvalue weighted by Crippen LogP contribution is -2.48. The van der Waals surface area contributed by atoms with Crippen LogP contribution in [0.25, 0.3) is 0 Å². The van der Waals surface area contributed by atoms with Crippen LogP contribution in [-0.2, 0) is 4.79 Å². The summed E-state index contributed by atoms with van der Waals surface area (Å²) >= 11 is 0. The molecule has 0 aromatic rings. The van der Waals surface area contributed by atoms with Gasteiger partial charge in [0.05, 0.1) is 0 Å². The van der Waals surface area contributed by atoms with Crippen molar-refractivity contribution in [1.82, 2.24) is 0 Å². The SMILES string of the molecule is C=C1CC[C@@H]2[C@H](CO)[C@@H](C(C)C)CC(=O)[C@]12C. The van der Waals surface area contributed by atoms with Crippen LogP contribution < -0.4 is 0 Å². The van der Waals surface area contributed by atoms with E-state index in [1.54, 1.807) is 0 Å². The number of ketones is 1. The maximum Gasteiger partial charge on any atom is 0.143 e. The van der Waals surface area contributed by atoms with Crippen LogP contribution in [0.15, 0.2) is 12.2 Å². The van der Waals surface area contributed by atoms with E-state index in [4.69, 9.17) is 0 Å². The van der Waals surface area contributed by atoms with E-state index in [-0.39, 0.29) is 17.9 Å². The van der Waals surface area contributed by atoms with Gasteiger partial charge < -0.3 is 5.11 Å². The zero-order chi connectivity index (χ0) is 12.8. The summed E-state index contributed by atoms with van der Waals surface area (Å²) in [4.78, 5) is 12.4. The lowest BCUT2D eigenvalue weighted by molar-refractivity contribution is -0.137. The van der Waals surface area contributed by atoms with Gasteiger partial charge in [0.15, 0.2) is 0 Å². The summed E-state index contributed by atoms with van der Waals surface area (Å²) in [6.07, 6.45) is 2.60. The Labute approximate surface area is 104 Å². The van der Waals surface area contributed by atoms with Gasteiger partial charge in [-0.15, -0.1) is 0 Å². The number of fused-ring (bicyclic) bond motifs is 1. The molecule has 96 valence electrons. The van der Waals surface area contributed by atoms with E-state index in [2.05, 4.69) is 27.4 Å². The third-order valence-electron chi connectivity index (χ3n) is 5.37. The molecule has 0 amide bonds. The minimum atomic E-state index is -0.348. The molecular weight excluding hydrogens is 212 g/mol. The van der Waals surface area contributed by atoms with Crippen molar-refractivity contribution in [3.8, 4) is 0 Å². The summed E-state index contributed by atoms with van der Waals surface area (Å²) < 4.78 is 0. The summed E-state index contributed by atoms with van der Waals surface area (Å²) in [5, 5.41) is 9.70. The molecule has 0 unspecified atom stereocenters. The Balaban J connectivity index is 2.37. The summed E-state index contributed by atoms with van der Waals surface area (Å²) in [6.45, 7) is 10.7. The molecule has 0 spiro atoms. The average Bonchev–Trinajstić information content (AvgIpc) is 2.58. The molecular formula is C15H24O2. The van der Waals surface area contributed by atoms with Gasteiger partial charge in [-0.2, -0.15) is 0 Å². The van der Waals surface area contributed by atoms with Crippen LogP contribution in [0.2, 0.25) is 0 Å². The third kappa shape index (κ3) is 1.69. The normalized spacial score (nSPS) is 42.1. The molecule has 17 heavy (non-hydrogen) atoms. The highest BCUT2D eigenvalue weighted by molar-refractivity contribution is 5.89. The van der Waals surface area contributed by atoms with Crippen LogP contribution in [0.4, 0.5) is 0 Å². The van der Waals surface area contributed by atoms with Gasteiger partial charge in [-0.25, -0.2) is 0 Å². The summed E-state index contributed by atoms with van der Waals surface area (Å²) in [7, 11) is 0. The Morgan fingerprint density at radius 3 is 2.71 bits per heavy atom. The third-order valence-corrected chi connectivity index (χ3v) is 5.37. The van der Waals surface area contributed by atoms with E-state index in [0.717, 1.165) is 18.4 Å². The first kappa shape index (κ1) is 12.8. The van der Waals surface area contributed by atoms with E-state index >= 15 is 0 Å². The fraction of sp³-hybridized carbons (Fsp3) is 0.800. The van der Waals surface area contributed by atoms with Crippen LogP contribution in [0, 0.1) is 29.1 Å². The molecule has 2 fully saturated rings. The number of carbonyl (C=O) groups is 1. The second-order valence-corrected chi connectivity index (χ2v) is 6.33. The van der Waals surface area contributed by atoms with Crippen molar-refractivity contribution in [2.24, 2.45) is 29.1 Å². The number of aliphatic hydroxyl groups excluding tert-OH is 1. The van der Waals surface area contributed by atoms with Crippen LogP contribution in [0.1, 0.15) is 40.0 Å². The number of hydrogen-bond acceptors (Lipinski definition) is 2. The van der Waals surface area contributed by atoms with Crippen LogP contribution in [0.3, 0.4) is 0 Å². The maximum atomic E-state index is 12.4. The first-order valence-corrected chi connectivity index (χ1v) is 6.75. The number of allylic oxidation sites excluding steroid dienone is 1. The van der Waals surface area contributed by atoms with Crippen molar-refractivity contribution in [2.75, 3.05) is 6.61 Å². The molecule has 0 bridgehead atoms. The minimum Gasteiger partial charge on any atom is -0.396 e. The Morgan fingerprint density at radius 1 is 1.53 bits per heavy atom. The number of hydrogen-bond donors (Lipinski definition) is 1. The fourth-order valence-corrected chi connectivity index (χ4v) is 4.06. The Bertz CT molecular complexity index is 345. The Hall–Kier alpha value is -0.630. The van der Waals surface area contributed by atoms with Crippen molar-refractivity contribution < 1.29 is 9.90 Å². The van der Waals surface area contributed by atoms with Crippen molar-refractivity contribution in [1.29, 1.82) is 0 Å². The van der Waals surface area contributed by atoms with Gasteiger partial charge in [0.2, 0.25) is 0 Å². The number of carbonyl (C=O) groups excluding carboxylic acids is 1. The predicted molar refractivity (Wildman–Crippen MR) is 68.5 cm³/mol. The monoisotopic (exact) mass is 236 g/mol. The molecule has 0 aromatic carbocycles. The van der Waals surface area contributed by atoms with E-state index < -0.39 is 0 Å². The first-order valence-electron chi connectivity index (χ1n) is 6.75. The zero-order valence-corrected chi connectivity index (χ0v) is 11.2. The molecule has 0 aromatic heterocycles. The number of aliphatic hydroxyl groups is 1. The molecule has 1 N–H and O–H groups in total. The van der Waals surface area contributed by atoms with Crippen molar-refractivity contribution in [2.45, 2.75) is 40.0 Å². The first-order chi connectivity index (χ1) is 7.92. The lowest BCUT2D eigenvalue weighted by atomic mass is 9.57. The molecule has 0 saturated heterocycles. The Morgan fingerprint density at radius 2 is 2.18 bits per heavy atom. The van der Waals surface area contributed by atoms with Gasteiger partial charge in [0, 0.05) is 18.4 Å². The van der Waals surface area contributed by atoms with Crippen molar-refractivity contribution in [3.63, 3.8) is 0 Å². The molecule has 4 atom stereocenters. The molecule has 2 nitrogen and oxygen atoms in total. The molecule has 0 heterocycles. The number of Topliss-reactive ketones (excluding diaryl/α,β-unsaturated/α-hetero) is 1. The second kappa shape index (κ2) is 4.24. The quantitative estimate of drug-likeness (QED) is 0.749. The van der Waals surface area contributed by atoms with Gasteiger partial charge in [-0.1, -0.05) is 26.0 Å². The molecule has 2 heteroatoms. The summed E-state index contributed by atoms with van der Waals surface area (Å²) in [5.41, 5.74) is 0.742. The number of rotatable bonds is 2. The lowest BCUT2D eigenvalue weighted by Gasteiger charge is -2.46. The summed E-state index contributed by atoms with van der Waals surface area (Å²) in [5.74, 6) is 1.75. The van der Waals surface area contributed by atoms with Gasteiger partial charge in [-0.3, -0.25) is 4.79 Å². The van der Waals surface area contributed by atoms with E-state index in [1.165, 1.54) is 0 Å². The average molecular weight is 236 g/mol. The van der Waals surface area contributed by atoms with Crippen LogP contribution in [0.5, 0.6) is 0 Å². The molecule has 2 aliphatic rings. The van der Waals surface area contributed by atoms with E-state index in [1.807, 2.05) is 0 Å². The zero-order valence-electron chi connectivity index (χ0n) is 11.2. The smallest absolute Gasteiger partial charge is 0.143 e. The molecule has 0 aliphatic heterocycles. The predicted octanol–water partition coefficient (Wildman–Crippen LogP) is 2.81. The second-order valence-electron chi connectivity index (χ2n) is 6.33. The largest absolute Gasteiger partial charge is 0.396 e. The minimum absolute atomic E-state index is 0.212. The highest BCUT2D eigenvalue weighted by Gasteiger charge is 2.55. The van der Waals surface area contributed by atoms with E-state index in [0.29, 0.717) is 30.0 Å². The maximum absolute atomic E-state index is 12.4. The molecule has 2 saturated carbocycles. The van der Waals surface area contributed by atoms with Crippen molar-refractivity contribution in [3.05, 3.63) is 12.2 Å². The van der Waals surface area contributed by atoms with Gasteiger partial charge in [0.25, 0.3) is 0 Å². The standard InChI is InChI=1S/C15H24O2/c1-9(2)11-7-14(17)15(4)10(3)5-6-13(15)12(11)8-16/h9,11-13,16H,3,5-8H2,1-2,4H3/t11-,12-,13-,15-/m1/s1. The van der Waals surface area contributed by atoms with E-state index in [9.17, 15) is 9.90 Å². The van der Waals surface area contributed by atoms with Crippen LogP contribution in [-0.4, -0.2) is 17.5 Å². The van der Waals surface area contributed by atoms with Crippen LogP contribution >= 0.6 is 0 Å². The van der Waals surface area contributed by atoms with Gasteiger partial charge in [-0.05, 0) is 43.4 Å². The molecule has 2 aliphatic carbocycles. The molecule has 0 radical (unpaired) electrons. The Kier molecular flexibility index (Phi) is 3.19. The van der Waals surface area contributed by atoms with Gasteiger partial charge >= 0.3 is 0 Å². The topological polar surface area (TPSA) is 37.3 Å². The summed E-state index contributed by atoms with van der Waals surface area (Å²) in [6, 6.07) is 0. The highest BCUT2D eigenvalue weighted by Crippen LogP contribution is 2.57.